The van der Waals surface area contributed by atoms with E-state index >= 15 is 0 Å². The molecule has 0 radical (unpaired) electrons. The molecule has 0 aromatic heterocycles. The Hall–Kier alpha value is -2.27. The normalized spacial score (nSPS) is 10.2. The minimum atomic E-state index is -0.698. The molecule has 0 unspecified atom stereocenters. The number of nitrogen functional groups attached to an aromatic ring is 1. The molecule has 1 amide bonds. The van der Waals surface area contributed by atoms with E-state index in [1.54, 1.807) is 18.2 Å². The molecule has 0 bridgehead atoms. The molecule has 0 aliphatic heterocycles. The third-order valence-corrected chi connectivity index (χ3v) is 3.00. The van der Waals surface area contributed by atoms with Crippen LogP contribution in [0.1, 0.15) is 10.4 Å². The van der Waals surface area contributed by atoms with Gasteiger partial charge in [-0.1, -0.05) is 23.7 Å². The minimum absolute atomic E-state index is 0.0205. The number of anilines is 2. The fourth-order valence-electron chi connectivity index (χ4n) is 1.75. The van der Waals surface area contributed by atoms with Crippen molar-refractivity contribution in [1.82, 2.24) is 0 Å². The Kier molecular flexibility index (Phi) is 4.10. The molecule has 0 atom stereocenters. The van der Waals surface area contributed by atoms with Crippen LogP contribution in [0.4, 0.5) is 15.8 Å². The first-order valence-corrected chi connectivity index (χ1v) is 6.10. The zero-order valence-electron chi connectivity index (χ0n) is 10.6. The van der Waals surface area contributed by atoms with E-state index in [4.69, 9.17) is 22.1 Å². The van der Waals surface area contributed by atoms with Gasteiger partial charge in [-0.05, 0) is 24.3 Å². The highest BCUT2D eigenvalue weighted by Crippen LogP contribution is 2.27. The summed E-state index contributed by atoms with van der Waals surface area (Å²) in [6, 6.07) is 9.15. The molecular formula is C14H12ClFN2O2. The molecular weight excluding hydrogens is 283 g/mol. The first kappa shape index (κ1) is 14.1. The Morgan fingerprint density at radius 1 is 1.30 bits per heavy atom. The number of benzene rings is 2. The SMILES string of the molecule is COc1cccc(N)c1C(=O)Nc1cccc(Cl)c1F. The maximum absolute atomic E-state index is 13.8. The van der Waals surface area contributed by atoms with Crippen LogP contribution in [0.25, 0.3) is 0 Å². The van der Waals surface area contributed by atoms with Gasteiger partial charge < -0.3 is 15.8 Å². The van der Waals surface area contributed by atoms with E-state index in [0.717, 1.165) is 0 Å². The van der Waals surface area contributed by atoms with Gasteiger partial charge in [-0.25, -0.2) is 4.39 Å². The molecule has 2 aromatic rings. The summed E-state index contributed by atoms with van der Waals surface area (Å²) < 4.78 is 18.8. The number of hydrogen-bond donors (Lipinski definition) is 2. The van der Waals surface area contributed by atoms with Crippen molar-refractivity contribution in [2.24, 2.45) is 0 Å². The van der Waals surface area contributed by atoms with Crippen LogP contribution in [0.15, 0.2) is 36.4 Å². The van der Waals surface area contributed by atoms with Crippen molar-refractivity contribution in [2.75, 3.05) is 18.2 Å². The van der Waals surface area contributed by atoms with Crippen LogP contribution in [-0.4, -0.2) is 13.0 Å². The van der Waals surface area contributed by atoms with Gasteiger partial charge in [0, 0.05) is 5.69 Å². The molecule has 0 saturated heterocycles. The summed E-state index contributed by atoms with van der Waals surface area (Å²) in [5.41, 5.74) is 6.13. The van der Waals surface area contributed by atoms with Crippen LogP contribution < -0.4 is 15.8 Å². The van der Waals surface area contributed by atoms with Crippen LogP contribution in [0.5, 0.6) is 5.75 Å². The lowest BCUT2D eigenvalue weighted by atomic mass is 10.1. The monoisotopic (exact) mass is 294 g/mol. The van der Waals surface area contributed by atoms with Crippen molar-refractivity contribution in [3.05, 3.63) is 52.8 Å². The van der Waals surface area contributed by atoms with Crippen LogP contribution in [0, 0.1) is 5.82 Å². The first-order chi connectivity index (χ1) is 9.54. The Morgan fingerprint density at radius 3 is 2.70 bits per heavy atom. The summed E-state index contributed by atoms with van der Waals surface area (Å²) in [4.78, 5) is 12.2. The summed E-state index contributed by atoms with van der Waals surface area (Å²) >= 11 is 5.66. The molecule has 20 heavy (non-hydrogen) atoms. The van der Waals surface area contributed by atoms with Crippen molar-refractivity contribution in [1.29, 1.82) is 0 Å². The molecule has 4 nitrogen and oxygen atoms in total. The molecule has 2 rings (SSSR count). The number of nitrogens with one attached hydrogen (secondary N) is 1. The van der Waals surface area contributed by atoms with Gasteiger partial charge >= 0.3 is 0 Å². The summed E-state index contributed by atoms with van der Waals surface area (Å²) in [5.74, 6) is -0.956. The van der Waals surface area contributed by atoms with Crippen molar-refractivity contribution in [3.63, 3.8) is 0 Å². The topological polar surface area (TPSA) is 64.3 Å². The third-order valence-electron chi connectivity index (χ3n) is 2.71. The van der Waals surface area contributed by atoms with E-state index in [-0.39, 0.29) is 22.0 Å². The van der Waals surface area contributed by atoms with Gasteiger partial charge in [-0.15, -0.1) is 0 Å². The Bertz CT molecular complexity index is 662. The smallest absolute Gasteiger partial charge is 0.261 e. The summed E-state index contributed by atoms with van der Waals surface area (Å²) in [7, 11) is 1.42. The lowest BCUT2D eigenvalue weighted by Gasteiger charge is -2.12. The van der Waals surface area contributed by atoms with Crippen molar-refractivity contribution < 1.29 is 13.9 Å². The third kappa shape index (κ3) is 2.67. The van der Waals surface area contributed by atoms with E-state index in [1.807, 2.05) is 0 Å². The molecule has 0 spiro atoms. The second kappa shape index (κ2) is 5.79. The number of ether oxygens (including phenoxy) is 1. The number of rotatable bonds is 3. The minimum Gasteiger partial charge on any atom is -0.496 e. The number of nitrogens with two attached hydrogens (primary N) is 1. The molecule has 0 saturated carbocycles. The molecule has 0 aliphatic rings. The fraction of sp³-hybridized carbons (Fsp3) is 0.0714. The van der Waals surface area contributed by atoms with Gasteiger partial charge in [0.05, 0.1) is 17.8 Å². The number of carbonyl (C=O) groups is 1. The van der Waals surface area contributed by atoms with Crippen molar-refractivity contribution >= 4 is 28.9 Å². The second-order valence-electron chi connectivity index (χ2n) is 3.98. The zero-order valence-corrected chi connectivity index (χ0v) is 11.4. The van der Waals surface area contributed by atoms with E-state index in [2.05, 4.69) is 5.32 Å². The average Bonchev–Trinajstić information content (AvgIpc) is 2.43. The summed E-state index contributed by atoms with van der Waals surface area (Å²) in [6.45, 7) is 0. The van der Waals surface area contributed by atoms with Crippen molar-refractivity contribution in [2.45, 2.75) is 0 Å². The maximum Gasteiger partial charge on any atom is 0.261 e. The summed E-state index contributed by atoms with van der Waals surface area (Å²) in [5, 5.41) is 2.35. The van der Waals surface area contributed by atoms with Crippen LogP contribution >= 0.6 is 11.6 Å². The molecule has 6 heteroatoms. The second-order valence-corrected chi connectivity index (χ2v) is 4.39. The quantitative estimate of drug-likeness (QED) is 0.854. The molecule has 104 valence electrons. The fourth-order valence-corrected chi connectivity index (χ4v) is 1.92. The summed E-state index contributed by atoms with van der Waals surface area (Å²) in [6.07, 6.45) is 0. The van der Waals surface area contributed by atoms with E-state index in [9.17, 15) is 9.18 Å². The van der Waals surface area contributed by atoms with Gasteiger partial charge in [0.2, 0.25) is 0 Å². The Balaban J connectivity index is 2.36. The molecule has 0 heterocycles. The average molecular weight is 295 g/mol. The van der Waals surface area contributed by atoms with Gasteiger partial charge in [0.15, 0.2) is 5.82 Å². The van der Waals surface area contributed by atoms with Gasteiger partial charge in [0.1, 0.15) is 11.3 Å². The molecule has 0 fully saturated rings. The Morgan fingerprint density at radius 2 is 2.00 bits per heavy atom. The highest BCUT2D eigenvalue weighted by molar-refractivity contribution is 6.31. The van der Waals surface area contributed by atoms with Crippen molar-refractivity contribution in [3.8, 4) is 5.75 Å². The lowest BCUT2D eigenvalue weighted by Crippen LogP contribution is -2.16. The number of amides is 1. The van der Waals surface area contributed by atoms with Crippen LogP contribution in [0.3, 0.4) is 0 Å². The molecule has 2 aromatic carbocycles. The highest BCUT2D eigenvalue weighted by Gasteiger charge is 2.17. The van der Waals surface area contributed by atoms with Crippen LogP contribution in [0.2, 0.25) is 5.02 Å². The highest BCUT2D eigenvalue weighted by atomic mass is 35.5. The number of methoxy groups -OCH3 is 1. The van der Waals surface area contributed by atoms with Gasteiger partial charge in [-0.2, -0.15) is 0 Å². The zero-order chi connectivity index (χ0) is 14.7. The molecule has 3 N–H and O–H groups in total. The number of hydrogen-bond acceptors (Lipinski definition) is 3. The molecule has 0 aliphatic carbocycles. The van der Waals surface area contributed by atoms with E-state index in [0.29, 0.717) is 5.75 Å². The number of halogens is 2. The standard InChI is InChI=1S/C14H12ClFN2O2/c1-20-11-7-3-5-9(17)12(11)14(19)18-10-6-2-4-8(15)13(10)16/h2-7H,17H2,1H3,(H,18,19). The lowest BCUT2D eigenvalue weighted by molar-refractivity contribution is 0.102. The first-order valence-electron chi connectivity index (χ1n) is 5.72. The van der Waals surface area contributed by atoms with E-state index < -0.39 is 11.7 Å². The van der Waals surface area contributed by atoms with Gasteiger partial charge in [-0.3, -0.25) is 4.79 Å². The van der Waals surface area contributed by atoms with E-state index in [1.165, 1.54) is 25.3 Å². The predicted molar refractivity (Wildman–Crippen MR) is 76.8 cm³/mol. The predicted octanol–water partition coefficient (Wildman–Crippen LogP) is 3.32. The maximum atomic E-state index is 13.8. The van der Waals surface area contributed by atoms with Gasteiger partial charge in [0.25, 0.3) is 5.91 Å². The largest absolute Gasteiger partial charge is 0.496 e. The number of carbonyl (C=O) groups excluding carboxylic acids is 1. The van der Waals surface area contributed by atoms with Crippen LogP contribution in [-0.2, 0) is 0 Å². The Labute approximate surface area is 120 Å².